The van der Waals surface area contributed by atoms with Crippen molar-refractivity contribution in [3.05, 3.63) is 60.3 Å². The van der Waals surface area contributed by atoms with Crippen LogP contribution in [-0.2, 0) is 4.79 Å². The van der Waals surface area contributed by atoms with Gasteiger partial charge in [0.25, 0.3) is 5.91 Å². The standard InChI is InChI=1S/C23H31N5O2/c1-19(18-27-14-16-28(17-15-27)21-10-5-6-12-24-21)26-22(29)11-7-13-25-23(30)20-8-3-2-4-9-20/h2-6,8-10,12,19H,7,11,13-18H2,1H3,(H,25,30)(H,26,29). The molecule has 7 heteroatoms. The Bertz CT molecular complexity index is 792. The highest BCUT2D eigenvalue weighted by Gasteiger charge is 2.20. The van der Waals surface area contributed by atoms with Crippen LogP contribution in [0.4, 0.5) is 5.82 Å². The number of nitrogens with one attached hydrogen (secondary N) is 2. The largest absolute Gasteiger partial charge is 0.354 e. The Balaban J connectivity index is 1.28. The molecule has 0 aliphatic carbocycles. The lowest BCUT2D eigenvalue weighted by Crippen LogP contribution is -2.51. The normalized spacial score (nSPS) is 15.4. The van der Waals surface area contributed by atoms with E-state index in [1.807, 2.05) is 49.5 Å². The Morgan fingerprint density at radius 1 is 1.03 bits per heavy atom. The van der Waals surface area contributed by atoms with Crippen LogP contribution in [0.15, 0.2) is 54.7 Å². The maximum Gasteiger partial charge on any atom is 0.251 e. The molecular weight excluding hydrogens is 378 g/mol. The summed E-state index contributed by atoms with van der Waals surface area (Å²) in [5.74, 6) is 0.954. The fourth-order valence-electron chi connectivity index (χ4n) is 3.62. The van der Waals surface area contributed by atoms with E-state index in [0.29, 0.717) is 24.9 Å². The molecule has 1 unspecified atom stereocenters. The van der Waals surface area contributed by atoms with Crippen molar-refractivity contribution in [1.29, 1.82) is 0 Å². The number of carbonyl (C=O) groups excluding carboxylic acids is 2. The monoisotopic (exact) mass is 409 g/mol. The fourth-order valence-corrected chi connectivity index (χ4v) is 3.62. The molecule has 1 aliphatic heterocycles. The summed E-state index contributed by atoms with van der Waals surface area (Å²) in [6.07, 6.45) is 2.86. The first-order valence-electron chi connectivity index (χ1n) is 10.6. The molecule has 2 N–H and O–H groups in total. The second-order valence-corrected chi connectivity index (χ2v) is 7.67. The van der Waals surface area contributed by atoms with Gasteiger partial charge in [-0.3, -0.25) is 14.5 Å². The van der Waals surface area contributed by atoms with Crippen LogP contribution in [0.5, 0.6) is 0 Å². The van der Waals surface area contributed by atoms with Gasteiger partial charge in [-0.2, -0.15) is 0 Å². The molecule has 1 atom stereocenters. The quantitative estimate of drug-likeness (QED) is 0.619. The van der Waals surface area contributed by atoms with Gasteiger partial charge >= 0.3 is 0 Å². The second-order valence-electron chi connectivity index (χ2n) is 7.67. The maximum atomic E-state index is 12.2. The molecule has 160 valence electrons. The lowest BCUT2D eigenvalue weighted by atomic mass is 10.2. The molecule has 0 radical (unpaired) electrons. The smallest absolute Gasteiger partial charge is 0.251 e. The van der Waals surface area contributed by atoms with Crippen LogP contribution >= 0.6 is 0 Å². The van der Waals surface area contributed by atoms with E-state index in [4.69, 9.17) is 0 Å². The Kier molecular flexibility index (Phi) is 8.20. The summed E-state index contributed by atoms with van der Waals surface area (Å²) in [7, 11) is 0. The van der Waals surface area contributed by atoms with E-state index in [1.54, 1.807) is 12.1 Å². The molecule has 0 spiro atoms. The minimum absolute atomic E-state index is 0.0311. The van der Waals surface area contributed by atoms with Crippen molar-refractivity contribution in [2.75, 3.05) is 44.2 Å². The molecule has 30 heavy (non-hydrogen) atoms. The van der Waals surface area contributed by atoms with Gasteiger partial charge in [0.1, 0.15) is 5.82 Å². The summed E-state index contributed by atoms with van der Waals surface area (Å²) < 4.78 is 0. The van der Waals surface area contributed by atoms with Crippen molar-refractivity contribution >= 4 is 17.6 Å². The summed E-state index contributed by atoms with van der Waals surface area (Å²) in [5, 5.41) is 5.92. The fraction of sp³-hybridized carbons (Fsp3) is 0.435. The summed E-state index contributed by atoms with van der Waals surface area (Å²) in [4.78, 5) is 33.3. The van der Waals surface area contributed by atoms with Gasteiger partial charge in [0, 0.05) is 63.5 Å². The van der Waals surface area contributed by atoms with Crippen molar-refractivity contribution in [1.82, 2.24) is 20.5 Å². The molecule has 3 rings (SSSR count). The van der Waals surface area contributed by atoms with Crippen LogP contribution in [0.3, 0.4) is 0 Å². The molecule has 0 bridgehead atoms. The third kappa shape index (κ3) is 6.84. The topological polar surface area (TPSA) is 77.6 Å². The van der Waals surface area contributed by atoms with Gasteiger partial charge < -0.3 is 15.5 Å². The maximum absolute atomic E-state index is 12.2. The van der Waals surface area contributed by atoms with E-state index in [-0.39, 0.29) is 17.9 Å². The molecule has 7 nitrogen and oxygen atoms in total. The van der Waals surface area contributed by atoms with Gasteiger partial charge in [-0.25, -0.2) is 4.98 Å². The van der Waals surface area contributed by atoms with Crippen molar-refractivity contribution in [2.24, 2.45) is 0 Å². The summed E-state index contributed by atoms with van der Waals surface area (Å²) >= 11 is 0. The van der Waals surface area contributed by atoms with Crippen molar-refractivity contribution in [3.63, 3.8) is 0 Å². The van der Waals surface area contributed by atoms with Crippen LogP contribution in [0, 0.1) is 0 Å². The molecule has 1 aromatic carbocycles. The number of aromatic nitrogens is 1. The van der Waals surface area contributed by atoms with E-state index in [2.05, 4.69) is 25.4 Å². The minimum Gasteiger partial charge on any atom is -0.354 e. The Hall–Kier alpha value is -2.93. The van der Waals surface area contributed by atoms with Crippen molar-refractivity contribution < 1.29 is 9.59 Å². The molecule has 1 saturated heterocycles. The number of amides is 2. The zero-order valence-corrected chi connectivity index (χ0v) is 17.6. The Morgan fingerprint density at radius 3 is 2.47 bits per heavy atom. The third-order valence-electron chi connectivity index (χ3n) is 5.19. The van der Waals surface area contributed by atoms with Gasteiger partial charge in [0.05, 0.1) is 0 Å². The van der Waals surface area contributed by atoms with Gasteiger partial charge in [-0.15, -0.1) is 0 Å². The summed E-state index contributed by atoms with van der Waals surface area (Å²) in [6, 6.07) is 15.2. The van der Waals surface area contributed by atoms with Gasteiger partial charge in [0.2, 0.25) is 5.91 Å². The van der Waals surface area contributed by atoms with E-state index < -0.39 is 0 Å². The van der Waals surface area contributed by atoms with E-state index in [1.165, 1.54) is 0 Å². The molecule has 2 amide bonds. The second kappa shape index (κ2) is 11.3. The SMILES string of the molecule is CC(CN1CCN(c2ccccn2)CC1)NC(=O)CCCNC(=O)c1ccccc1. The Morgan fingerprint density at radius 2 is 1.77 bits per heavy atom. The first kappa shape index (κ1) is 21.8. The first-order chi connectivity index (χ1) is 14.6. The number of pyridine rings is 1. The average Bonchev–Trinajstić information content (AvgIpc) is 2.78. The van der Waals surface area contributed by atoms with E-state index >= 15 is 0 Å². The van der Waals surface area contributed by atoms with Crippen LogP contribution in [0.2, 0.25) is 0 Å². The van der Waals surface area contributed by atoms with Crippen LogP contribution < -0.4 is 15.5 Å². The van der Waals surface area contributed by atoms with Gasteiger partial charge in [-0.05, 0) is 37.6 Å². The molecular formula is C23H31N5O2. The van der Waals surface area contributed by atoms with Crippen molar-refractivity contribution in [2.45, 2.75) is 25.8 Å². The highest BCUT2D eigenvalue weighted by molar-refractivity contribution is 5.94. The Labute approximate surface area is 178 Å². The lowest BCUT2D eigenvalue weighted by Gasteiger charge is -2.36. The highest BCUT2D eigenvalue weighted by atomic mass is 16.2. The number of piperazine rings is 1. The van der Waals surface area contributed by atoms with E-state index in [0.717, 1.165) is 38.5 Å². The van der Waals surface area contributed by atoms with E-state index in [9.17, 15) is 9.59 Å². The van der Waals surface area contributed by atoms with Gasteiger partial charge in [0.15, 0.2) is 0 Å². The number of hydrogen-bond donors (Lipinski definition) is 2. The number of hydrogen-bond acceptors (Lipinski definition) is 5. The lowest BCUT2D eigenvalue weighted by molar-refractivity contribution is -0.121. The zero-order valence-electron chi connectivity index (χ0n) is 17.6. The molecule has 1 aromatic heterocycles. The number of nitrogens with zero attached hydrogens (tertiary/aromatic N) is 3. The first-order valence-corrected chi connectivity index (χ1v) is 10.6. The average molecular weight is 410 g/mol. The number of benzene rings is 1. The van der Waals surface area contributed by atoms with Crippen LogP contribution in [0.25, 0.3) is 0 Å². The predicted molar refractivity (Wildman–Crippen MR) is 119 cm³/mol. The molecule has 1 aliphatic rings. The molecule has 2 heterocycles. The number of anilines is 1. The number of rotatable bonds is 9. The molecule has 0 saturated carbocycles. The predicted octanol–water partition coefficient (Wildman–Crippen LogP) is 1.92. The summed E-state index contributed by atoms with van der Waals surface area (Å²) in [6.45, 7) is 7.18. The highest BCUT2D eigenvalue weighted by Crippen LogP contribution is 2.12. The van der Waals surface area contributed by atoms with Crippen molar-refractivity contribution in [3.8, 4) is 0 Å². The van der Waals surface area contributed by atoms with Crippen LogP contribution in [-0.4, -0.2) is 67.0 Å². The van der Waals surface area contributed by atoms with Crippen LogP contribution in [0.1, 0.15) is 30.1 Å². The third-order valence-corrected chi connectivity index (χ3v) is 5.19. The summed E-state index contributed by atoms with van der Waals surface area (Å²) in [5.41, 5.74) is 0.638. The van der Waals surface area contributed by atoms with Gasteiger partial charge in [-0.1, -0.05) is 24.3 Å². The molecule has 1 fully saturated rings. The number of carbonyl (C=O) groups is 2. The zero-order chi connectivity index (χ0) is 21.2. The minimum atomic E-state index is -0.103. The molecule has 2 aromatic rings.